The normalized spacial score (nSPS) is 10.2. The lowest BCUT2D eigenvalue weighted by Gasteiger charge is -2.05. The predicted octanol–water partition coefficient (Wildman–Crippen LogP) is 2.53. The van der Waals surface area contributed by atoms with Crippen LogP contribution < -0.4 is 10.1 Å². The quantitative estimate of drug-likeness (QED) is 0.615. The Labute approximate surface area is 101 Å². The van der Waals surface area contributed by atoms with Crippen molar-refractivity contribution in [2.24, 2.45) is 0 Å². The lowest BCUT2D eigenvalue weighted by Crippen LogP contribution is -2.10. The molecule has 1 aromatic carbocycles. The number of Topliss-reactive ketones (excluding diaryl/α,β-unsaturated/α-hetero) is 1. The van der Waals surface area contributed by atoms with Gasteiger partial charge in [0.05, 0.1) is 12.1 Å². The zero-order valence-electron chi connectivity index (χ0n) is 9.55. The Bertz CT molecular complexity index is 366. The first-order valence-corrected chi connectivity index (χ1v) is 5.58. The molecule has 0 fully saturated rings. The Morgan fingerprint density at radius 3 is 2.88 bits per heavy atom. The number of rotatable bonds is 6. The van der Waals surface area contributed by atoms with Crippen molar-refractivity contribution >= 4 is 17.4 Å². The van der Waals surface area contributed by atoms with Crippen LogP contribution in [0.15, 0.2) is 18.2 Å². The van der Waals surface area contributed by atoms with Crippen LogP contribution in [0, 0.1) is 0 Å². The molecular formula is C12H16ClNO2. The third-order valence-corrected chi connectivity index (χ3v) is 2.62. The highest BCUT2D eigenvalue weighted by molar-refractivity contribution is 6.32. The van der Waals surface area contributed by atoms with Crippen molar-refractivity contribution in [3.05, 3.63) is 28.8 Å². The summed E-state index contributed by atoms with van der Waals surface area (Å²) in [6, 6.07) is 5.10. The molecule has 0 radical (unpaired) electrons. The van der Waals surface area contributed by atoms with Gasteiger partial charge in [-0.3, -0.25) is 4.79 Å². The van der Waals surface area contributed by atoms with E-state index in [0.717, 1.165) is 13.0 Å². The van der Waals surface area contributed by atoms with Gasteiger partial charge in [-0.05, 0) is 38.2 Å². The molecule has 0 aliphatic rings. The topological polar surface area (TPSA) is 38.3 Å². The monoisotopic (exact) mass is 241 g/mol. The summed E-state index contributed by atoms with van der Waals surface area (Å²) in [5.74, 6) is 0.659. The average molecular weight is 242 g/mol. The van der Waals surface area contributed by atoms with Gasteiger partial charge in [0, 0.05) is 12.0 Å². The number of carbonyl (C=O) groups excluding carboxylic acids is 1. The maximum atomic E-state index is 11.8. The van der Waals surface area contributed by atoms with Crippen LogP contribution in [0.5, 0.6) is 5.75 Å². The van der Waals surface area contributed by atoms with Gasteiger partial charge in [0.15, 0.2) is 5.78 Å². The van der Waals surface area contributed by atoms with Crippen LogP contribution in [-0.4, -0.2) is 26.5 Å². The minimum atomic E-state index is 0.116. The third-order valence-electron chi connectivity index (χ3n) is 2.30. The van der Waals surface area contributed by atoms with Crippen molar-refractivity contribution in [1.82, 2.24) is 5.32 Å². The molecule has 0 amide bonds. The number of benzene rings is 1. The van der Waals surface area contributed by atoms with E-state index in [-0.39, 0.29) is 5.78 Å². The van der Waals surface area contributed by atoms with Crippen LogP contribution in [0.3, 0.4) is 0 Å². The maximum absolute atomic E-state index is 11.8. The zero-order valence-corrected chi connectivity index (χ0v) is 10.3. The maximum Gasteiger partial charge on any atom is 0.163 e. The van der Waals surface area contributed by atoms with Crippen molar-refractivity contribution in [3.8, 4) is 5.75 Å². The molecule has 0 bridgehead atoms. The van der Waals surface area contributed by atoms with Crippen molar-refractivity contribution in [1.29, 1.82) is 0 Å². The van der Waals surface area contributed by atoms with Crippen LogP contribution in [0.25, 0.3) is 0 Å². The molecule has 1 rings (SSSR count). The molecule has 88 valence electrons. The molecule has 16 heavy (non-hydrogen) atoms. The fourth-order valence-corrected chi connectivity index (χ4v) is 1.60. The first-order valence-electron chi connectivity index (χ1n) is 5.20. The fraction of sp³-hybridized carbons (Fsp3) is 0.417. The molecule has 0 heterocycles. The molecule has 0 unspecified atom stereocenters. The number of hydrogen-bond donors (Lipinski definition) is 1. The number of methoxy groups -OCH3 is 1. The number of hydrogen-bond acceptors (Lipinski definition) is 3. The van der Waals surface area contributed by atoms with Crippen LogP contribution in [0.4, 0.5) is 0 Å². The summed E-state index contributed by atoms with van der Waals surface area (Å²) in [4.78, 5) is 11.8. The van der Waals surface area contributed by atoms with E-state index in [9.17, 15) is 4.79 Å². The molecule has 0 atom stereocenters. The summed E-state index contributed by atoms with van der Waals surface area (Å²) in [5.41, 5.74) is 0.650. The van der Waals surface area contributed by atoms with Crippen molar-refractivity contribution in [2.75, 3.05) is 20.7 Å². The molecule has 0 aromatic heterocycles. The molecule has 0 aliphatic heterocycles. The van der Waals surface area contributed by atoms with E-state index in [4.69, 9.17) is 16.3 Å². The van der Waals surface area contributed by atoms with Crippen LogP contribution in [0.1, 0.15) is 23.2 Å². The highest BCUT2D eigenvalue weighted by Crippen LogP contribution is 2.25. The van der Waals surface area contributed by atoms with Crippen molar-refractivity contribution in [2.45, 2.75) is 12.8 Å². The molecule has 1 N–H and O–H groups in total. The molecule has 0 spiro atoms. The van der Waals surface area contributed by atoms with E-state index in [1.54, 1.807) is 18.2 Å². The van der Waals surface area contributed by atoms with Gasteiger partial charge in [-0.1, -0.05) is 11.6 Å². The summed E-state index contributed by atoms with van der Waals surface area (Å²) in [6.07, 6.45) is 1.37. The van der Waals surface area contributed by atoms with Gasteiger partial charge in [0.1, 0.15) is 5.75 Å². The lowest BCUT2D eigenvalue weighted by molar-refractivity contribution is 0.0980. The van der Waals surface area contributed by atoms with E-state index < -0.39 is 0 Å². The SMILES string of the molecule is CNCCCC(=O)c1ccc(Cl)c(OC)c1. The van der Waals surface area contributed by atoms with Crippen LogP contribution in [-0.2, 0) is 0 Å². The van der Waals surface area contributed by atoms with E-state index in [1.165, 1.54) is 7.11 Å². The summed E-state index contributed by atoms with van der Waals surface area (Å²) in [7, 11) is 3.41. The van der Waals surface area contributed by atoms with Gasteiger partial charge in [-0.25, -0.2) is 0 Å². The molecular weight excluding hydrogens is 226 g/mol. The van der Waals surface area contributed by atoms with E-state index >= 15 is 0 Å². The Balaban J connectivity index is 2.68. The number of carbonyl (C=O) groups is 1. The van der Waals surface area contributed by atoms with Crippen molar-refractivity contribution in [3.63, 3.8) is 0 Å². The van der Waals surface area contributed by atoms with Gasteiger partial charge in [-0.2, -0.15) is 0 Å². The highest BCUT2D eigenvalue weighted by atomic mass is 35.5. The standard InChI is InChI=1S/C12H16ClNO2/c1-14-7-3-4-11(15)9-5-6-10(13)12(8-9)16-2/h5-6,8,14H,3-4,7H2,1-2H3. The summed E-state index contributed by atoms with van der Waals surface area (Å²) < 4.78 is 5.06. The van der Waals surface area contributed by atoms with Crippen LogP contribution >= 0.6 is 11.6 Å². The first-order chi connectivity index (χ1) is 7.69. The average Bonchev–Trinajstić information content (AvgIpc) is 2.30. The van der Waals surface area contributed by atoms with Gasteiger partial charge >= 0.3 is 0 Å². The highest BCUT2D eigenvalue weighted by Gasteiger charge is 2.08. The largest absolute Gasteiger partial charge is 0.495 e. The minimum Gasteiger partial charge on any atom is -0.495 e. The summed E-state index contributed by atoms with van der Waals surface area (Å²) in [5, 5.41) is 3.53. The van der Waals surface area contributed by atoms with E-state index in [2.05, 4.69) is 5.32 Å². The molecule has 4 heteroatoms. The fourth-order valence-electron chi connectivity index (χ4n) is 1.40. The van der Waals surface area contributed by atoms with Gasteiger partial charge in [0.2, 0.25) is 0 Å². The van der Waals surface area contributed by atoms with Gasteiger partial charge in [0.25, 0.3) is 0 Å². The third kappa shape index (κ3) is 3.51. The smallest absolute Gasteiger partial charge is 0.163 e. The Hall–Kier alpha value is -1.06. The van der Waals surface area contributed by atoms with Crippen molar-refractivity contribution < 1.29 is 9.53 Å². The Morgan fingerprint density at radius 1 is 1.50 bits per heavy atom. The second kappa shape index (κ2) is 6.51. The predicted molar refractivity (Wildman–Crippen MR) is 65.5 cm³/mol. The van der Waals surface area contributed by atoms with Gasteiger partial charge in [-0.15, -0.1) is 0 Å². The molecule has 0 saturated carbocycles. The number of nitrogens with one attached hydrogen (secondary N) is 1. The number of halogens is 1. The van der Waals surface area contributed by atoms with E-state index in [1.807, 2.05) is 7.05 Å². The van der Waals surface area contributed by atoms with Gasteiger partial charge < -0.3 is 10.1 Å². The second-order valence-corrected chi connectivity index (χ2v) is 3.89. The Kier molecular flexibility index (Phi) is 5.29. The zero-order chi connectivity index (χ0) is 12.0. The summed E-state index contributed by atoms with van der Waals surface area (Å²) in [6.45, 7) is 0.844. The molecule has 1 aromatic rings. The molecule has 0 aliphatic carbocycles. The minimum absolute atomic E-state index is 0.116. The van der Waals surface area contributed by atoms with Crippen LogP contribution in [0.2, 0.25) is 5.02 Å². The molecule has 0 saturated heterocycles. The number of ketones is 1. The Morgan fingerprint density at radius 2 is 2.25 bits per heavy atom. The second-order valence-electron chi connectivity index (χ2n) is 3.48. The first kappa shape index (κ1) is 13.0. The van der Waals surface area contributed by atoms with E-state index in [0.29, 0.717) is 22.8 Å². The molecule has 3 nitrogen and oxygen atoms in total. The lowest BCUT2D eigenvalue weighted by atomic mass is 10.1. The summed E-state index contributed by atoms with van der Waals surface area (Å²) >= 11 is 5.88. The number of ether oxygens (including phenoxy) is 1.